The molecule has 0 fully saturated rings. The van der Waals surface area contributed by atoms with Crippen LogP contribution in [-0.2, 0) is 4.79 Å². The number of nitrogens with zero attached hydrogens (tertiary/aromatic N) is 3. The number of phenolic OH excluding ortho intramolecular Hbond substituents is 1. The molecule has 0 aromatic heterocycles. The molecule has 1 aromatic rings. The molecule has 20 heavy (non-hydrogen) atoms. The van der Waals surface area contributed by atoms with Crippen LogP contribution in [0.25, 0.3) is 22.6 Å². The number of carboxylic acid groups (broad SMARTS) is 1. The van der Waals surface area contributed by atoms with Crippen molar-refractivity contribution >= 4 is 18.1 Å². The van der Waals surface area contributed by atoms with E-state index in [1.54, 1.807) is 18.2 Å². The lowest BCUT2D eigenvalue weighted by Crippen LogP contribution is -1.89. The highest BCUT2D eigenvalue weighted by atomic mass is 16.5. The van der Waals surface area contributed by atoms with E-state index in [4.69, 9.17) is 15.4 Å². The molecule has 0 aliphatic heterocycles. The zero-order valence-corrected chi connectivity index (χ0v) is 10.7. The molecule has 1 aromatic carbocycles. The number of azide groups is 1. The van der Waals surface area contributed by atoms with E-state index in [0.29, 0.717) is 11.1 Å². The summed E-state index contributed by atoms with van der Waals surface area (Å²) < 4.78 is 5.01. The van der Waals surface area contributed by atoms with E-state index in [2.05, 4.69) is 10.0 Å². The first-order valence-electron chi connectivity index (χ1n) is 5.58. The van der Waals surface area contributed by atoms with E-state index in [1.807, 2.05) is 0 Å². The number of hydrogen-bond donors (Lipinski definition) is 2. The molecule has 104 valence electrons. The zero-order chi connectivity index (χ0) is 15.0. The fourth-order valence-electron chi connectivity index (χ4n) is 1.46. The number of ether oxygens (including phenoxy) is 1. The van der Waals surface area contributed by atoms with Crippen molar-refractivity contribution in [3.63, 3.8) is 0 Å². The Kier molecular flexibility index (Phi) is 5.68. The number of aliphatic carboxylic acids is 1. The third kappa shape index (κ3) is 4.40. The van der Waals surface area contributed by atoms with Gasteiger partial charge in [-0.1, -0.05) is 17.3 Å². The molecule has 7 heteroatoms. The van der Waals surface area contributed by atoms with Crippen molar-refractivity contribution in [2.24, 2.45) is 5.11 Å². The van der Waals surface area contributed by atoms with Crippen molar-refractivity contribution < 1.29 is 19.7 Å². The predicted molar refractivity (Wildman–Crippen MR) is 74.4 cm³/mol. The summed E-state index contributed by atoms with van der Waals surface area (Å²) in [5, 5.41) is 21.9. The number of benzene rings is 1. The molecule has 0 bridgehead atoms. The number of aromatic hydroxyl groups is 1. The maximum absolute atomic E-state index is 10.5. The highest BCUT2D eigenvalue weighted by molar-refractivity contribution is 5.85. The molecule has 0 saturated carbocycles. The molecule has 2 N–H and O–H groups in total. The minimum absolute atomic E-state index is 0.0721. The summed E-state index contributed by atoms with van der Waals surface area (Å²) in [6, 6.07) is 3.10. The normalized spacial score (nSPS) is 10.7. The maximum Gasteiger partial charge on any atom is 0.328 e. The Bertz CT molecular complexity index is 602. The van der Waals surface area contributed by atoms with Crippen LogP contribution in [0.15, 0.2) is 29.4 Å². The fourth-order valence-corrected chi connectivity index (χ4v) is 1.46. The van der Waals surface area contributed by atoms with Crippen LogP contribution in [0.1, 0.15) is 11.1 Å². The topological polar surface area (TPSA) is 116 Å². The number of hydrogen-bond acceptors (Lipinski definition) is 4. The van der Waals surface area contributed by atoms with Crippen molar-refractivity contribution in [2.45, 2.75) is 0 Å². The predicted octanol–water partition coefficient (Wildman–Crippen LogP) is 2.82. The molecule has 0 atom stereocenters. The largest absolute Gasteiger partial charge is 0.504 e. The number of rotatable bonds is 6. The van der Waals surface area contributed by atoms with E-state index in [9.17, 15) is 9.90 Å². The molecule has 0 amide bonds. The van der Waals surface area contributed by atoms with Crippen LogP contribution in [0.2, 0.25) is 0 Å². The number of methoxy groups -OCH3 is 1. The second kappa shape index (κ2) is 7.50. The molecule has 0 saturated heterocycles. The van der Waals surface area contributed by atoms with Gasteiger partial charge in [-0.2, -0.15) is 0 Å². The summed E-state index contributed by atoms with van der Waals surface area (Å²) in [6.45, 7) is 0.146. The van der Waals surface area contributed by atoms with Crippen molar-refractivity contribution in [3.8, 4) is 11.5 Å². The monoisotopic (exact) mass is 275 g/mol. The molecule has 7 nitrogen and oxygen atoms in total. The summed E-state index contributed by atoms with van der Waals surface area (Å²) in [7, 11) is 1.40. The lowest BCUT2D eigenvalue weighted by Gasteiger charge is -2.08. The number of carboxylic acids is 1. The molecule has 0 spiro atoms. The summed E-state index contributed by atoms with van der Waals surface area (Å²) >= 11 is 0. The summed E-state index contributed by atoms with van der Waals surface area (Å²) in [5.41, 5.74) is 9.15. The van der Waals surface area contributed by atoms with Crippen LogP contribution in [0.4, 0.5) is 0 Å². The van der Waals surface area contributed by atoms with Crippen molar-refractivity contribution in [1.82, 2.24) is 0 Å². The van der Waals surface area contributed by atoms with Crippen LogP contribution >= 0.6 is 0 Å². The zero-order valence-electron chi connectivity index (χ0n) is 10.7. The van der Waals surface area contributed by atoms with Gasteiger partial charge in [0, 0.05) is 23.1 Å². The second-order valence-corrected chi connectivity index (χ2v) is 3.65. The summed E-state index contributed by atoms with van der Waals surface area (Å²) in [4.78, 5) is 13.1. The van der Waals surface area contributed by atoms with Gasteiger partial charge in [-0.05, 0) is 29.3 Å². The second-order valence-electron chi connectivity index (χ2n) is 3.65. The van der Waals surface area contributed by atoms with Gasteiger partial charge in [0.15, 0.2) is 11.5 Å². The van der Waals surface area contributed by atoms with Crippen LogP contribution in [-0.4, -0.2) is 29.8 Å². The Morgan fingerprint density at radius 2 is 2.25 bits per heavy atom. The smallest absolute Gasteiger partial charge is 0.328 e. The van der Waals surface area contributed by atoms with Crippen molar-refractivity contribution in [2.75, 3.05) is 13.7 Å². The molecule has 0 unspecified atom stereocenters. The number of phenols is 1. The Morgan fingerprint density at radius 3 is 2.85 bits per heavy atom. The summed E-state index contributed by atoms with van der Waals surface area (Å²) in [6.07, 6.45) is 5.50. The van der Waals surface area contributed by atoms with Gasteiger partial charge in [0.05, 0.1) is 7.11 Å². The SMILES string of the molecule is COc1cc(C=CC(=O)O)cc(C=CCN=[N+]=[N-])c1O. The highest BCUT2D eigenvalue weighted by Crippen LogP contribution is 2.32. The van der Waals surface area contributed by atoms with Gasteiger partial charge in [0.1, 0.15) is 0 Å². The van der Waals surface area contributed by atoms with Crippen LogP contribution in [0.3, 0.4) is 0 Å². The maximum atomic E-state index is 10.5. The van der Waals surface area contributed by atoms with Gasteiger partial charge >= 0.3 is 5.97 Å². The lowest BCUT2D eigenvalue weighted by atomic mass is 10.1. The summed E-state index contributed by atoms with van der Waals surface area (Å²) in [5.74, 6) is -0.921. The Morgan fingerprint density at radius 1 is 1.50 bits per heavy atom. The Labute approximate surface area is 115 Å². The van der Waals surface area contributed by atoms with E-state index in [0.717, 1.165) is 6.08 Å². The highest BCUT2D eigenvalue weighted by Gasteiger charge is 2.07. The molecule has 0 heterocycles. The molecule has 0 aliphatic carbocycles. The van der Waals surface area contributed by atoms with Crippen LogP contribution in [0, 0.1) is 0 Å². The molecular weight excluding hydrogens is 262 g/mol. The van der Waals surface area contributed by atoms with Gasteiger partial charge in [-0.25, -0.2) is 4.79 Å². The van der Waals surface area contributed by atoms with Crippen molar-refractivity contribution in [3.05, 3.63) is 45.9 Å². The Balaban J connectivity index is 3.14. The van der Waals surface area contributed by atoms with Gasteiger partial charge in [-0.3, -0.25) is 0 Å². The average Bonchev–Trinajstić information content (AvgIpc) is 2.43. The van der Waals surface area contributed by atoms with Crippen molar-refractivity contribution in [1.29, 1.82) is 0 Å². The first-order chi connectivity index (χ1) is 9.58. The van der Waals surface area contributed by atoms with E-state index in [-0.39, 0.29) is 18.0 Å². The van der Waals surface area contributed by atoms with Crippen LogP contribution < -0.4 is 4.74 Å². The Hall–Kier alpha value is -2.92. The lowest BCUT2D eigenvalue weighted by molar-refractivity contribution is -0.131. The first-order valence-corrected chi connectivity index (χ1v) is 5.58. The van der Waals surface area contributed by atoms with Gasteiger partial charge in [-0.15, -0.1) is 0 Å². The standard InChI is InChI=1S/C13H13N3O4/c1-20-11-8-9(4-5-12(17)18)7-10(13(11)19)3-2-6-15-16-14/h2-5,7-8,19H,6H2,1H3,(H,17,18). The van der Waals surface area contributed by atoms with E-state index >= 15 is 0 Å². The van der Waals surface area contributed by atoms with E-state index in [1.165, 1.54) is 19.3 Å². The third-order valence-electron chi connectivity index (χ3n) is 2.31. The molecule has 0 aliphatic rings. The quantitative estimate of drug-likeness (QED) is 0.359. The third-order valence-corrected chi connectivity index (χ3v) is 2.31. The average molecular weight is 275 g/mol. The van der Waals surface area contributed by atoms with Gasteiger partial charge in [0.25, 0.3) is 0 Å². The van der Waals surface area contributed by atoms with Crippen LogP contribution in [0.5, 0.6) is 11.5 Å². The molecule has 0 radical (unpaired) electrons. The first kappa shape index (κ1) is 15.1. The minimum atomic E-state index is -1.07. The fraction of sp³-hybridized carbons (Fsp3) is 0.154. The molecular formula is C13H13N3O4. The molecule has 1 rings (SSSR count). The number of carbonyl (C=O) groups is 1. The minimum Gasteiger partial charge on any atom is -0.504 e. The van der Waals surface area contributed by atoms with E-state index < -0.39 is 5.97 Å². The van der Waals surface area contributed by atoms with Gasteiger partial charge in [0.2, 0.25) is 0 Å². The van der Waals surface area contributed by atoms with Gasteiger partial charge < -0.3 is 14.9 Å².